The Hall–Kier alpha value is -1.69. The molecule has 1 aromatic heterocycles. The van der Waals surface area contributed by atoms with E-state index in [4.69, 9.17) is 4.74 Å². The number of morpholine rings is 1. The minimum Gasteiger partial charge on any atom is -0.361 e. The van der Waals surface area contributed by atoms with Crippen molar-refractivity contribution in [2.24, 2.45) is 0 Å². The second-order valence-corrected chi connectivity index (χ2v) is 5.89. The van der Waals surface area contributed by atoms with E-state index in [1.807, 2.05) is 12.1 Å². The molecule has 1 amide bonds. The summed E-state index contributed by atoms with van der Waals surface area (Å²) in [6.07, 6.45) is 0.904. The van der Waals surface area contributed by atoms with Gasteiger partial charge in [-0.1, -0.05) is 13.8 Å². The van der Waals surface area contributed by atoms with Gasteiger partial charge in [-0.15, -0.1) is 5.10 Å². The average molecular weight is 276 g/mol. The van der Waals surface area contributed by atoms with E-state index in [1.165, 1.54) is 0 Å². The first-order chi connectivity index (χ1) is 9.58. The summed E-state index contributed by atoms with van der Waals surface area (Å²) >= 11 is 0. The number of carbonyl (C=O) groups is 1. The van der Waals surface area contributed by atoms with Crippen LogP contribution in [0.4, 0.5) is 5.82 Å². The third-order valence-electron chi connectivity index (χ3n) is 4.02. The van der Waals surface area contributed by atoms with E-state index in [-0.39, 0.29) is 18.1 Å². The highest BCUT2D eigenvalue weighted by atomic mass is 16.5. The fraction of sp³-hybridized carbons (Fsp3) is 0.643. The predicted octanol–water partition coefficient (Wildman–Crippen LogP) is 0.695. The Morgan fingerprint density at radius 2 is 2.25 bits per heavy atom. The highest BCUT2D eigenvalue weighted by Gasteiger charge is 2.42. The summed E-state index contributed by atoms with van der Waals surface area (Å²) in [4.78, 5) is 13.4. The van der Waals surface area contributed by atoms with Crippen LogP contribution in [0.25, 0.3) is 0 Å². The molecule has 2 aliphatic heterocycles. The summed E-state index contributed by atoms with van der Waals surface area (Å²) in [6.45, 7) is 6.58. The summed E-state index contributed by atoms with van der Waals surface area (Å²) in [7, 11) is 0. The molecule has 108 valence electrons. The highest BCUT2D eigenvalue weighted by molar-refractivity contribution is 5.78. The van der Waals surface area contributed by atoms with Crippen LogP contribution in [0.2, 0.25) is 0 Å². The maximum Gasteiger partial charge on any atom is 0.246 e. The van der Waals surface area contributed by atoms with Gasteiger partial charge in [0.15, 0.2) is 5.82 Å². The van der Waals surface area contributed by atoms with Crippen molar-refractivity contribution in [1.82, 2.24) is 15.5 Å². The maximum absolute atomic E-state index is 11.2. The molecule has 2 saturated heterocycles. The van der Waals surface area contributed by atoms with Gasteiger partial charge in [0.2, 0.25) is 5.91 Å². The van der Waals surface area contributed by atoms with Crippen LogP contribution >= 0.6 is 0 Å². The van der Waals surface area contributed by atoms with Crippen molar-refractivity contribution in [2.75, 3.05) is 31.1 Å². The molecular formula is C14H20N4O2. The van der Waals surface area contributed by atoms with Crippen LogP contribution in [0.15, 0.2) is 12.1 Å². The quantitative estimate of drug-likeness (QED) is 0.861. The summed E-state index contributed by atoms with van der Waals surface area (Å²) in [5.74, 6) is 1.24. The fourth-order valence-electron chi connectivity index (χ4n) is 2.69. The van der Waals surface area contributed by atoms with Crippen molar-refractivity contribution in [3.63, 3.8) is 0 Å². The second kappa shape index (κ2) is 5.01. The summed E-state index contributed by atoms with van der Waals surface area (Å²) in [6, 6.07) is 4.05. The number of anilines is 1. The topological polar surface area (TPSA) is 67.4 Å². The summed E-state index contributed by atoms with van der Waals surface area (Å²) in [5.41, 5.74) is 0.746. The summed E-state index contributed by atoms with van der Waals surface area (Å²) < 4.78 is 5.75. The summed E-state index contributed by atoms with van der Waals surface area (Å²) in [5, 5.41) is 11.5. The molecule has 0 saturated carbocycles. The van der Waals surface area contributed by atoms with E-state index in [0.717, 1.165) is 31.0 Å². The molecule has 0 radical (unpaired) electrons. The van der Waals surface area contributed by atoms with Crippen LogP contribution in [-0.2, 0) is 9.53 Å². The zero-order chi connectivity index (χ0) is 14.2. The van der Waals surface area contributed by atoms with Crippen molar-refractivity contribution in [1.29, 1.82) is 0 Å². The van der Waals surface area contributed by atoms with Gasteiger partial charge in [-0.2, -0.15) is 5.10 Å². The lowest BCUT2D eigenvalue weighted by atomic mass is 10.0. The standard InChI is InChI=1S/C14H20N4O2/c1-10(2)11-3-4-12(17-16-11)18-6-5-14(9-18)8-15-13(19)7-20-14/h3-4,10H,5-9H2,1-2H3,(H,15,19). The molecule has 2 aliphatic rings. The minimum atomic E-state index is -0.258. The van der Waals surface area contributed by atoms with Crippen molar-refractivity contribution in [3.05, 3.63) is 17.8 Å². The molecule has 1 unspecified atom stereocenters. The average Bonchev–Trinajstić information content (AvgIpc) is 2.87. The molecule has 1 N–H and O–H groups in total. The second-order valence-electron chi connectivity index (χ2n) is 5.89. The number of amides is 1. The first-order valence-electron chi connectivity index (χ1n) is 7.07. The third kappa shape index (κ3) is 2.47. The maximum atomic E-state index is 11.2. The van der Waals surface area contributed by atoms with Crippen molar-refractivity contribution < 1.29 is 9.53 Å². The number of nitrogens with one attached hydrogen (secondary N) is 1. The van der Waals surface area contributed by atoms with Crippen LogP contribution in [0.1, 0.15) is 31.9 Å². The fourth-order valence-corrected chi connectivity index (χ4v) is 2.69. The van der Waals surface area contributed by atoms with Crippen molar-refractivity contribution in [3.8, 4) is 0 Å². The Bertz CT molecular complexity index is 490. The molecule has 20 heavy (non-hydrogen) atoms. The lowest BCUT2D eigenvalue weighted by Crippen LogP contribution is -2.53. The van der Waals surface area contributed by atoms with Crippen LogP contribution in [-0.4, -0.2) is 47.9 Å². The lowest BCUT2D eigenvalue weighted by molar-refractivity contribution is -0.141. The van der Waals surface area contributed by atoms with Gasteiger partial charge in [0.1, 0.15) is 12.2 Å². The highest BCUT2D eigenvalue weighted by Crippen LogP contribution is 2.29. The predicted molar refractivity (Wildman–Crippen MR) is 74.6 cm³/mol. The van der Waals surface area contributed by atoms with Gasteiger partial charge in [-0.25, -0.2) is 0 Å². The van der Waals surface area contributed by atoms with E-state index >= 15 is 0 Å². The van der Waals surface area contributed by atoms with Gasteiger partial charge in [0.25, 0.3) is 0 Å². The normalized spacial score (nSPS) is 26.4. The molecule has 0 bridgehead atoms. The molecule has 1 atom stereocenters. The Labute approximate surface area is 118 Å². The number of carbonyl (C=O) groups excluding carboxylic acids is 1. The van der Waals surface area contributed by atoms with Gasteiger partial charge in [-0.3, -0.25) is 4.79 Å². The molecule has 0 aromatic carbocycles. The van der Waals surface area contributed by atoms with Crippen LogP contribution in [0.5, 0.6) is 0 Å². The van der Waals surface area contributed by atoms with E-state index in [0.29, 0.717) is 12.5 Å². The molecular weight excluding hydrogens is 256 g/mol. The molecule has 6 nitrogen and oxygen atoms in total. The van der Waals surface area contributed by atoms with Crippen LogP contribution in [0, 0.1) is 0 Å². The molecule has 6 heteroatoms. The van der Waals surface area contributed by atoms with Gasteiger partial charge in [0, 0.05) is 13.1 Å². The van der Waals surface area contributed by atoms with E-state index in [9.17, 15) is 4.79 Å². The monoisotopic (exact) mass is 276 g/mol. The Balaban J connectivity index is 1.69. The molecule has 2 fully saturated rings. The molecule has 3 heterocycles. The van der Waals surface area contributed by atoms with E-state index < -0.39 is 0 Å². The number of aromatic nitrogens is 2. The Morgan fingerprint density at radius 1 is 1.40 bits per heavy atom. The minimum absolute atomic E-state index is 0.0323. The Morgan fingerprint density at radius 3 is 2.85 bits per heavy atom. The van der Waals surface area contributed by atoms with Crippen molar-refractivity contribution in [2.45, 2.75) is 31.8 Å². The van der Waals surface area contributed by atoms with Crippen LogP contribution < -0.4 is 10.2 Å². The van der Waals surface area contributed by atoms with E-state index in [2.05, 4.69) is 34.3 Å². The first-order valence-corrected chi connectivity index (χ1v) is 7.07. The van der Waals surface area contributed by atoms with Gasteiger partial charge >= 0.3 is 0 Å². The van der Waals surface area contributed by atoms with Gasteiger partial charge in [-0.05, 0) is 24.5 Å². The smallest absolute Gasteiger partial charge is 0.246 e. The Kier molecular flexibility index (Phi) is 3.33. The number of nitrogens with zero attached hydrogens (tertiary/aromatic N) is 3. The number of hydrogen-bond acceptors (Lipinski definition) is 5. The molecule has 1 spiro atoms. The lowest BCUT2D eigenvalue weighted by Gasteiger charge is -2.33. The molecule has 3 rings (SSSR count). The number of hydrogen-bond donors (Lipinski definition) is 1. The number of rotatable bonds is 2. The van der Waals surface area contributed by atoms with Gasteiger partial charge < -0.3 is 15.0 Å². The van der Waals surface area contributed by atoms with Gasteiger partial charge in [0.05, 0.1) is 12.2 Å². The van der Waals surface area contributed by atoms with Crippen LogP contribution in [0.3, 0.4) is 0 Å². The zero-order valence-corrected chi connectivity index (χ0v) is 11.9. The molecule has 1 aromatic rings. The number of ether oxygens (including phenoxy) is 1. The molecule has 0 aliphatic carbocycles. The van der Waals surface area contributed by atoms with E-state index in [1.54, 1.807) is 0 Å². The largest absolute Gasteiger partial charge is 0.361 e. The van der Waals surface area contributed by atoms with Crippen molar-refractivity contribution >= 4 is 11.7 Å². The first kappa shape index (κ1) is 13.3. The zero-order valence-electron chi connectivity index (χ0n) is 11.9. The SMILES string of the molecule is CC(C)c1ccc(N2CCC3(CNC(=O)CO3)C2)nn1. The third-order valence-corrected chi connectivity index (χ3v) is 4.02.